The molecule has 0 aliphatic carbocycles. The molecular weight excluding hydrogens is 240 g/mol. The number of fused-ring (bicyclic) bond motifs is 1. The Morgan fingerprint density at radius 3 is 3.05 bits per heavy atom. The van der Waals surface area contributed by atoms with Gasteiger partial charge < -0.3 is 15.4 Å². The lowest BCUT2D eigenvalue weighted by atomic mass is 10.1. The van der Waals surface area contributed by atoms with E-state index in [1.807, 2.05) is 24.3 Å². The number of hydrogen-bond donors (Lipinski definition) is 1. The maximum Gasteiger partial charge on any atom is 0.222 e. The SMILES string of the molecule is CCC1COCCN1c1nc(N)nc2ccccc12. The van der Waals surface area contributed by atoms with Crippen LogP contribution in [-0.4, -0.2) is 35.8 Å². The average Bonchev–Trinajstić information content (AvgIpc) is 2.46. The molecule has 1 atom stereocenters. The summed E-state index contributed by atoms with van der Waals surface area (Å²) in [6, 6.07) is 8.35. The molecule has 19 heavy (non-hydrogen) atoms. The maximum atomic E-state index is 5.84. The van der Waals surface area contributed by atoms with Gasteiger partial charge in [-0.05, 0) is 18.6 Å². The van der Waals surface area contributed by atoms with Gasteiger partial charge in [0, 0.05) is 11.9 Å². The van der Waals surface area contributed by atoms with Gasteiger partial charge in [0.25, 0.3) is 0 Å². The molecule has 1 unspecified atom stereocenters. The molecular formula is C14H18N4O. The molecule has 2 heterocycles. The monoisotopic (exact) mass is 258 g/mol. The Hall–Kier alpha value is -1.88. The van der Waals surface area contributed by atoms with E-state index in [1.165, 1.54) is 0 Å². The van der Waals surface area contributed by atoms with Crippen molar-refractivity contribution in [2.24, 2.45) is 0 Å². The summed E-state index contributed by atoms with van der Waals surface area (Å²) in [5.74, 6) is 1.26. The van der Waals surface area contributed by atoms with Gasteiger partial charge in [-0.3, -0.25) is 0 Å². The molecule has 1 aliphatic rings. The summed E-state index contributed by atoms with van der Waals surface area (Å²) < 4.78 is 5.55. The second-order valence-corrected chi connectivity index (χ2v) is 4.75. The number of nitrogens with two attached hydrogens (primary N) is 1. The Morgan fingerprint density at radius 1 is 1.37 bits per heavy atom. The number of hydrogen-bond acceptors (Lipinski definition) is 5. The fraction of sp³-hybridized carbons (Fsp3) is 0.429. The minimum Gasteiger partial charge on any atom is -0.377 e. The molecule has 5 heteroatoms. The topological polar surface area (TPSA) is 64.3 Å². The highest BCUT2D eigenvalue weighted by Gasteiger charge is 2.24. The average molecular weight is 258 g/mol. The highest BCUT2D eigenvalue weighted by Crippen LogP contribution is 2.27. The molecule has 1 fully saturated rings. The van der Waals surface area contributed by atoms with Crippen molar-refractivity contribution in [3.63, 3.8) is 0 Å². The summed E-state index contributed by atoms with van der Waals surface area (Å²) in [6.45, 7) is 4.49. The molecule has 100 valence electrons. The van der Waals surface area contributed by atoms with Gasteiger partial charge >= 0.3 is 0 Å². The molecule has 1 aromatic carbocycles. The van der Waals surface area contributed by atoms with E-state index in [0.717, 1.165) is 42.9 Å². The van der Waals surface area contributed by atoms with Crippen LogP contribution in [0.5, 0.6) is 0 Å². The molecule has 5 nitrogen and oxygen atoms in total. The highest BCUT2D eigenvalue weighted by molar-refractivity contribution is 5.90. The van der Waals surface area contributed by atoms with Crippen LogP contribution in [0.2, 0.25) is 0 Å². The van der Waals surface area contributed by atoms with Gasteiger partial charge in [0.1, 0.15) is 5.82 Å². The quantitative estimate of drug-likeness (QED) is 0.890. The van der Waals surface area contributed by atoms with Crippen LogP contribution in [0.4, 0.5) is 11.8 Å². The third-order valence-electron chi connectivity index (χ3n) is 3.57. The first kappa shape index (κ1) is 12.2. The minimum absolute atomic E-state index is 0.329. The minimum atomic E-state index is 0.329. The predicted octanol–water partition coefficient (Wildman–Crippen LogP) is 1.83. The number of rotatable bonds is 2. The van der Waals surface area contributed by atoms with Crippen LogP contribution in [0.1, 0.15) is 13.3 Å². The Kier molecular flexibility index (Phi) is 3.21. The molecule has 1 aliphatic heterocycles. The van der Waals surface area contributed by atoms with Crippen molar-refractivity contribution in [2.75, 3.05) is 30.4 Å². The Bertz CT molecular complexity index is 587. The molecule has 0 spiro atoms. The van der Waals surface area contributed by atoms with Gasteiger partial charge in [-0.15, -0.1) is 0 Å². The Balaban J connectivity index is 2.12. The number of nitrogens with zero attached hydrogens (tertiary/aromatic N) is 3. The van der Waals surface area contributed by atoms with Gasteiger partial charge in [0.05, 0.1) is 24.8 Å². The lowest BCUT2D eigenvalue weighted by molar-refractivity contribution is 0.0927. The van der Waals surface area contributed by atoms with Crippen LogP contribution in [0.25, 0.3) is 10.9 Å². The van der Waals surface area contributed by atoms with Gasteiger partial charge in [-0.25, -0.2) is 4.98 Å². The van der Waals surface area contributed by atoms with Crippen molar-refractivity contribution in [2.45, 2.75) is 19.4 Å². The summed E-state index contributed by atoms with van der Waals surface area (Å²) in [4.78, 5) is 11.0. The zero-order valence-electron chi connectivity index (χ0n) is 11.0. The van der Waals surface area contributed by atoms with E-state index in [9.17, 15) is 0 Å². The number of benzene rings is 1. The maximum absolute atomic E-state index is 5.84. The third kappa shape index (κ3) is 2.21. The first-order valence-electron chi connectivity index (χ1n) is 6.66. The zero-order valence-corrected chi connectivity index (χ0v) is 11.0. The summed E-state index contributed by atoms with van der Waals surface area (Å²) in [6.07, 6.45) is 1.03. The number of anilines is 2. The lowest BCUT2D eigenvalue weighted by Crippen LogP contribution is -2.45. The van der Waals surface area contributed by atoms with Crippen LogP contribution in [0.15, 0.2) is 24.3 Å². The van der Waals surface area contributed by atoms with E-state index in [2.05, 4.69) is 21.8 Å². The van der Waals surface area contributed by atoms with E-state index in [1.54, 1.807) is 0 Å². The number of aromatic nitrogens is 2. The van der Waals surface area contributed by atoms with Crippen LogP contribution >= 0.6 is 0 Å². The normalized spacial score (nSPS) is 19.8. The van der Waals surface area contributed by atoms with Crippen LogP contribution in [-0.2, 0) is 4.74 Å². The molecule has 0 radical (unpaired) electrons. The molecule has 2 aromatic rings. The molecule has 0 bridgehead atoms. The molecule has 2 N–H and O–H groups in total. The molecule has 0 saturated carbocycles. The van der Waals surface area contributed by atoms with Gasteiger partial charge in [-0.1, -0.05) is 19.1 Å². The number of para-hydroxylation sites is 1. The van der Waals surface area contributed by atoms with E-state index in [0.29, 0.717) is 12.0 Å². The van der Waals surface area contributed by atoms with Crippen molar-refractivity contribution in [1.82, 2.24) is 9.97 Å². The van der Waals surface area contributed by atoms with Gasteiger partial charge in [0.15, 0.2) is 0 Å². The van der Waals surface area contributed by atoms with Crippen molar-refractivity contribution in [3.8, 4) is 0 Å². The van der Waals surface area contributed by atoms with E-state index in [-0.39, 0.29) is 0 Å². The lowest BCUT2D eigenvalue weighted by Gasteiger charge is -2.36. The zero-order chi connectivity index (χ0) is 13.2. The van der Waals surface area contributed by atoms with Crippen LogP contribution in [0, 0.1) is 0 Å². The van der Waals surface area contributed by atoms with Crippen LogP contribution in [0.3, 0.4) is 0 Å². The summed E-state index contributed by atoms with van der Waals surface area (Å²) >= 11 is 0. The second kappa shape index (κ2) is 5.01. The van der Waals surface area contributed by atoms with Crippen molar-refractivity contribution in [1.29, 1.82) is 0 Å². The van der Waals surface area contributed by atoms with E-state index < -0.39 is 0 Å². The Labute approximate surface area is 112 Å². The van der Waals surface area contributed by atoms with Crippen molar-refractivity contribution < 1.29 is 4.74 Å². The molecule has 1 saturated heterocycles. The van der Waals surface area contributed by atoms with Crippen molar-refractivity contribution in [3.05, 3.63) is 24.3 Å². The molecule has 0 amide bonds. The van der Waals surface area contributed by atoms with Crippen molar-refractivity contribution >= 4 is 22.7 Å². The van der Waals surface area contributed by atoms with Gasteiger partial charge in [-0.2, -0.15) is 4.98 Å². The number of ether oxygens (including phenoxy) is 1. The summed E-state index contributed by atoms with van der Waals surface area (Å²) in [7, 11) is 0. The van der Waals surface area contributed by atoms with Crippen LogP contribution < -0.4 is 10.6 Å². The smallest absolute Gasteiger partial charge is 0.222 e. The fourth-order valence-corrected chi connectivity index (χ4v) is 2.57. The first-order chi connectivity index (χ1) is 9.29. The second-order valence-electron chi connectivity index (χ2n) is 4.75. The number of nitrogen functional groups attached to an aromatic ring is 1. The van der Waals surface area contributed by atoms with Gasteiger partial charge in [0.2, 0.25) is 5.95 Å². The molecule has 1 aromatic heterocycles. The van der Waals surface area contributed by atoms with E-state index in [4.69, 9.17) is 10.5 Å². The standard InChI is InChI=1S/C14H18N4O/c1-2-10-9-19-8-7-18(10)13-11-5-3-4-6-12(11)16-14(15)17-13/h3-6,10H,2,7-9H2,1H3,(H2,15,16,17). The predicted molar refractivity (Wildman–Crippen MR) is 76.2 cm³/mol. The summed E-state index contributed by atoms with van der Waals surface area (Å²) in [5, 5.41) is 1.05. The first-order valence-corrected chi connectivity index (χ1v) is 6.66. The largest absolute Gasteiger partial charge is 0.377 e. The van der Waals surface area contributed by atoms with E-state index >= 15 is 0 Å². The summed E-state index contributed by atoms with van der Waals surface area (Å²) in [5.41, 5.74) is 6.73. The molecule has 3 rings (SSSR count). The third-order valence-corrected chi connectivity index (χ3v) is 3.57. The number of morpholine rings is 1. The Morgan fingerprint density at radius 2 is 2.21 bits per heavy atom. The fourth-order valence-electron chi connectivity index (χ4n) is 2.57. The highest BCUT2D eigenvalue weighted by atomic mass is 16.5.